The maximum atomic E-state index is 13.7. The molecule has 0 aromatic heterocycles. The molecule has 1 aromatic rings. The Morgan fingerprint density at radius 3 is 2.50 bits per heavy atom. The third-order valence-electron chi connectivity index (χ3n) is 2.63. The molecular weight excluding hydrogens is 266 g/mol. The normalized spacial score (nSPS) is 13.9. The highest BCUT2D eigenvalue weighted by molar-refractivity contribution is 7.89. The van der Waals surface area contributed by atoms with Gasteiger partial charge < -0.3 is 10.8 Å². The van der Waals surface area contributed by atoms with Gasteiger partial charge in [-0.2, -0.15) is 4.31 Å². The van der Waals surface area contributed by atoms with E-state index in [1.807, 2.05) is 0 Å². The van der Waals surface area contributed by atoms with Gasteiger partial charge in [0.05, 0.1) is 6.61 Å². The number of nitrogens with zero attached hydrogens (tertiary/aromatic N) is 1. The van der Waals surface area contributed by atoms with Crippen LogP contribution in [0, 0.1) is 11.6 Å². The number of anilines is 1. The highest BCUT2D eigenvalue weighted by Crippen LogP contribution is 2.25. The molecule has 0 amide bonds. The van der Waals surface area contributed by atoms with Crippen molar-refractivity contribution in [1.82, 2.24) is 4.31 Å². The van der Waals surface area contributed by atoms with Gasteiger partial charge in [-0.05, 0) is 19.1 Å². The third kappa shape index (κ3) is 2.45. The third-order valence-corrected chi connectivity index (χ3v) is 4.62. The summed E-state index contributed by atoms with van der Waals surface area (Å²) < 4.78 is 51.4. The van der Waals surface area contributed by atoms with Crippen LogP contribution in [0.4, 0.5) is 14.5 Å². The van der Waals surface area contributed by atoms with E-state index in [4.69, 9.17) is 10.8 Å². The summed E-state index contributed by atoms with van der Waals surface area (Å²) in [6.45, 7) is 1.02. The lowest BCUT2D eigenvalue weighted by molar-refractivity contribution is 0.213. The van der Waals surface area contributed by atoms with Crippen LogP contribution in [-0.2, 0) is 10.0 Å². The first-order valence-corrected chi connectivity index (χ1v) is 6.49. The second-order valence-corrected chi connectivity index (χ2v) is 5.79. The van der Waals surface area contributed by atoms with E-state index < -0.39 is 44.9 Å². The van der Waals surface area contributed by atoms with E-state index in [-0.39, 0.29) is 0 Å². The SMILES string of the molecule is CC(CO)N(C)S(=O)(=O)c1ccc(F)c(N)c1F. The van der Waals surface area contributed by atoms with Crippen molar-refractivity contribution >= 4 is 15.7 Å². The van der Waals surface area contributed by atoms with Gasteiger partial charge in [0.2, 0.25) is 10.0 Å². The number of likely N-dealkylation sites (N-methyl/N-ethyl adjacent to an activating group) is 1. The number of nitrogens with two attached hydrogens (primary N) is 1. The number of nitrogen functional groups attached to an aromatic ring is 1. The van der Waals surface area contributed by atoms with E-state index in [1.165, 1.54) is 14.0 Å². The molecule has 0 heterocycles. The van der Waals surface area contributed by atoms with E-state index >= 15 is 0 Å². The molecule has 18 heavy (non-hydrogen) atoms. The van der Waals surface area contributed by atoms with Crippen LogP contribution in [0.25, 0.3) is 0 Å². The molecule has 0 aliphatic carbocycles. The fraction of sp³-hybridized carbons (Fsp3) is 0.400. The van der Waals surface area contributed by atoms with Crippen molar-refractivity contribution < 1.29 is 22.3 Å². The lowest BCUT2D eigenvalue weighted by atomic mass is 10.3. The predicted molar refractivity (Wildman–Crippen MR) is 62.3 cm³/mol. The summed E-state index contributed by atoms with van der Waals surface area (Å²) in [5.41, 5.74) is 4.26. The minimum absolute atomic E-state index is 0.423. The molecule has 0 aliphatic heterocycles. The van der Waals surface area contributed by atoms with Crippen molar-refractivity contribution in [3.05, 3.63) is 23.8 Å². The summed E-state index contributed by atoms with van der Waals surface area (Å²) in [7, 11) is -2.98. The first-order valence-electron chi connectivity index (χ1n) is 5.05. The van der Waals surface area contributed by atoms with Crippen LogP contribution in [-0.4, -0.2) is 37.5 Å². The molecule has 0 aliphatic rings. The summed E-state index contributed by atoms with van der Waals surface area (Å²) in [4.78, 5) is -0.718. The number of aliphatic hydroxyl groups is 1. The van der Waals surface area contributed by atoms with Gasteiger partial charge in [-0.15, -0.1) is 0 Å². The average molecular weight is 280 g/mol. The molecule has 0 saturated heterocycles. The van der Waals surface area contributed by atoms with Crippen LogP contribution in [0.2, 0.25) is 0 Å². The first-order chi connectivity index (χ1) is 8.23. The lowest BCUT2D eigenvalue weighted by Gasteiger charge is -2.23. The van der Waals surface area contributed by atoms with Crippen molar-refractivity contribution in [3.63, 3.8) is 0 Å². The monoisotopic (exact) mass is 280 g/mol. The van der Waals surface area contributed by atoms with Crippen LogP contribution >= 0.6 is 0 Å². The van der Waals surface area contributed by atoms with Crippen LogP contribution in [0.15, 0.2) is 17.0 Å². The van der Waals surface area contributed by atoms with Crippen LogP contribution in [0.5, 0.6) is 0 Å². The predicted octanol–water partition coefficient (Wildman–Crippen LogP) is 0.548. The van der Waals surface area contributed by atoms with Crippen LogP contribution in [0.3, 0.4) is 0 Å². The Balaban J connectivity index is 3.34. The van der Waals surface area contributed by atoms with Crippen molar-refractivity contribution in [3.8, 4) is 0 Å². The van der Waals surface area contributed by atoms with Gasteiger partial charge in [-0.1, -0.05) is 0 Å². The van der Waals surface area contributed by atoms with Crippen LogP contribution in [0.1, 0.15) is 6.92 Å². The highest BCUT2D eigenvalue weighted by Gasteiger charge is 2.29. The molecule has 1 aromatic carbocycles. The second-order valence-electron chi connectivity index (χ2n) is 3.83. The molecule has 0 fully saturated rings. The molecule has 1 unspecified atom stereocenters. The number of halogens is 2. The molecule has 0 bridgehead atoms. The van der Waals surface area contributed by atoms with Gasteiger partial charge >= 0.3 is 0 Å². The van der Waals surface area contributed by atoms with Crippen LogP contribution < -0.4 is 5.73 Å². The molecular formula is C10H14F2N2O3S. The lowest BCUT2D eigenvalue weighted by Crippen LogP contribution is -2.37. The number of rotatable bonds is 4. The number of benzene rings is 1. The minimum atomic E-state index is -4.17. The highest BCUT2D eigenvalue weighted by atomic mass is 32.2. The van der Waals surface area contributed by atoms with Gasteiger partial charge in [0, 0.05) is 13.1 Å². The smallest absolute Gasteiger partial charge is 0.246 e. The zero-order valence-electron chi connectivity index (χ0n) is 9.89. The Morgan fingerprint density at radius 1 is 1.44 bits per heavy atom. The van der Waals surface area contributed by atoms with Gasteiger partial charge in [-0.3, -0.25) is 0 Å². The van der Waals surface area contributed by atoms with E-state index in [0.717, 1.165) is 16.4 Å². The molecule has 102 valence electrons. The largest absolute Gasteiger partial charge is 0.395 e. The van der Waals surface area contributed by atoms with Crippen molar-refractivity contribution in [2.45, 2.75) is 17.9 Å². The topological polar surface area (TPSA) is 83.6 Å². The summed E-state index contributed by atoms with van der Waals surface area (Å²) in [6, 6.07) is 0.848. The molecule has 1 rings (SSSR count). The molecule has 5 nitrogen and oxygen atoms in total. The van der Waals surface area contributed by atoms with Gasteiger partial charge in [0.15, 0.2) is 5.82 Å². The molecule has 1 atom stereocenters. The van der Waals surface area contributed by atoms with Gasteiger partial charge in [0.25, 0.3) is 0 Å². The summed E-state index contributed by atoms with van der Waals surface area (Å²) >= 11 is 0. The molecule has 8 heteroatoms. The minimum Gasteiger partial charge on any atom is -0.395 e. The van der Waals surface area contributed by atoms with E-state index in [9.17, 15) is 17.2 Å². The quantitative estimate of drug-likeness (QED) is 0.789. The Hall–Kier alpha value is -1.25. The van der Waals surface area contributed by atoms with Gasteiger partial charge in [-0.25, -0.2) is 17.2 Å². The Kier molecular flexibility index (Phi) is 4.25. The first kappa shape index (κ1) is 14.8. The molecule has 0 spiro atoms. The number of aliphatic hydroxyl groups excluding tert-OH is 1. The number of sulfonamides is 1. The maximum absolute atomic E-state index is 13.7. The average Bonchev–Trinajstić information content (AvgIpc) is 2.33. The maximum Gasteiger partial charge on any atom is 0.246 e. The van der Waals surface area contributed by atoms with Crippen molar-refractivity contribution in [1.29, 1.82) is 0 Å². The van der Waals surface area contributed by atoms with Crippen molar-refractivity contribution in [2.75, 3.05) is 19.4 Å². The number of hydrogen-bond acceptors (Lipinski definition) is 4. The summed E-state index contributed by atoms with van der Waals surface area (Å²) in [6.07, 6.45) is 0. The summed E-state index contributed by atoms with van der Waals surface area (Å²) in [5, 5.41) is 8.90. The standard InChI is InChI=1S/C10H14F2N2O3S/c1-6(5-15)14(2)18(16,17)8-4-3-7(11)10(13)9(8)12/h3-4,6,15H,5,13H2,1-2H3. The zero-order valence-corrected chi connectivity index (χ0v) is 10.7. The Morgan fingerprint density at radius 2 is 2.00 bits per heavy atom. The molecule has 0 radical (unpaired) electrons. The van der Waals surface area contributed by atoms with E-state index in [2.05, 4.69) is 0 Å². The molecule has 3 N–H and O–H groups in total. The van der Waals surface area contributed by atoms with Crippen molar-refractivity contribution in [2.24, 2.45) is 0 Å². The second kappa shape index (κ2) is 5.17. The zero-order chi connectivity index (χ0) is 14.1. The van der Waals surface area contributed by atoms with Gasteiger partial charge in [0.1, 0.15) is 16.4 Å². The van der Waals surface area contributed by atoms with E-state index in [1.54, 1.807) is 0 Å². The Bertz CT molecular complexity index is 548. The summed E-state index contributed by atoms with van der Waals surface area (Å²) in [5.74, 6) is -2.35. The fourth-order valence-electron chi connectivity index (χ4n) is 1.26. The fourth-order valence-corrected chi connectivity index (χ4v) is 2.68. The number of hydrogen-bond donors (Lipinski definition) is 2. The Labute approximate surface area is 104 Å². The van der Waals surface area contributed by atoms with E-state index in [0.29, 0.717) is 0 Å². The molecule has 0 saturated carbocycles.